The minimum Gasteiger partial charge on any atom is -0.496 e. The van der Waals surface area contributed by atoms with E-state index in [4.69, 9.17) is 22.2 Å². The molecule has 0 aliphatic heterocycles. The Labute approximate surface area is 106 Å². The summed E-state index contributed by atoms with van der Waals surface area (Å²) in [4.78, 5) is 12.0. The molecule has 1 amide bonds. The number of carbonyl (C=O) groups excluding carboxylic acids is 1. The SMILES string of the molecule is COc1ccc(Cl)cc1C(C)(C)C(=O)N(C)N. The van der Waals surface area contributed by atoms with Gasteiger partial charge < -0.3 is 4.74 Å². The number of nitrogens with zero attached hydrogens (tertiary/aromatic N) is 1. The highest BCUT2D eigenvalue weighted by atomic mass is 35.5. The molecule has 0 radical (unpaired) electrons. The second kappa shape index (κ2) is 4.94. The van der Waals surface area contributed by atoms with E-state index in [1.807, 2.05) is 0 Å². The fourth-order valence-electron chi connectivity index (χ4n) is 1.72. The number of benzene rings is 1. The molecule has 94 valence electrons. The summed E-state index contributed by atoms with van der Waals surface area (Å²) in [5, 5.41) is 1.63. The molecule has 0 spiro atoms. The highest BCUT2D eigenvalue weighted by Gasteiger charge is 2.34. The van der Waals surface area contributed by atoms with Gasteiger partial charge in [-0.15, -0.1) is 0 Å². The minimum atomic E-state index is -0.792. The van der Waals surface area contributed by atoms with E-state index in [-0.39, 0.29) is 5.91 Å². The van der Waals surface area contributed by atoms with Gasteiger partial charge in [-0.25, -0.2) is 5.84 Å². The van der Waals surface area contributed by atoms with E-state index in [0.29, 0.717) is 10.8 Å². The number of methoxy groups -OCH3 is 1. The Bertz CT molecular complexity index is 431. The molecular weight excluding hydrogens is 240 g/mol. The molecule has 0 saturated carbocycles. The van der Waals surface area contributed by atoms with E-state index < -0.39 is 5.41 Å². The van der Waals surface area contributed by atoms with Crippen molar-refractivity contribution >= 4 is 17.5 Å². The van der Waals surface area contributed by atoms with Crippen LogP contribution in [-0.4, -0.2) is 25.1 Å². The Morgan fingerprint density at radius 2 is 2.06 bits per heavy atom. The maximum Gasteiger partial charge on any atom is 0.246 e. The van der Waals surface area contributed by atoms with Gasteiger partial charge in [-0.3, -0.25) is 9.80 Å². The first kappa shape index (κ1) is 13.8. The Morgan fingerprint density at radius 1 is 1.47 bits per heavy atom. The van der Waals surface area contributed by atoms with E-state index in [0.717, 1.165) is 10.6 Å². The summed E-state index contributed by atoms with van der Waals surface area (Å²) in [6.07, 6.45) is 0. The highest BCUT2D eigenvalue weighted by Crippen LogP contribution is 2.34. The number of rotatable bonds is 3. The fraction of sp³-hybridized carbons (Fsp3) is 0.417. The maximum absolute atomic E-state index is 12.0. The van der Waals surface area contributed by atoms with Crippen molar-refractivity contribution < 1.29 is 9.53 Å². The van der Waals surface area contributed by atoms with Crippen molar-refractivity contribution in [2.75, 3.05) is 14.2 Å². The lowest BCUT2D eigenvalue weighted by Crippen LogP contribution is -2.45. The van der Waals surface area contributed by atoms with Crippen molar-refractivity contribution in [2.45, 2.75) is 19.3 Å². The van der Waals surface area contributed by atoms with Gasteiger partial charge in [0.25, 0.3) is 0 Å². The Hall–Kier alpha value is -1.26. The molecule has 0 aliphatic carbocycles. The molecule has 1 aromatic carbocycles. The monoisotopic (exact) mass is 256 g/mol. The molecule has 0 bridgehead atoms. The van der Waals surface area contributed by atoms with Gasteiger partial charge in [-0.2, -0.15) is 0 Å². The minimum absolute atomic E-state index is 0.210. The van der Waals surface area contributed by atoms with E-state index in [1.165, 1.54) is 7.05 Å². The van der Waals surface area contributed by atoms with Crippen LogP contribution in [0.2, 0.25) is 5.02 Å². The van der Waals surface area contributed by atoms with Crippen LogP contribution in [0.5, 0.6) is 5.75 Å². The van der Waals surface area contributed by atoms with Crippen LogP contribution in [0, 0.1) is 0 Å². The van der Waals surface area contributed by atoms with Crippen molar-refractivity contribution in [2.24, 2.45) is 5.84 Å². The van der Waals surface area contributed by atoms with Crippen LogP contribution < -0.4 is 10.6 Å². The second-order valence-electron chi connectivity index (χ2n) is 4.39. The number of hydrazine groups is 1. The molecule has 0 saturated heterocycles. The summed E-state index contributed by atoms with van der Waals surface area (Å²) in [5.41, 5.74) is -0.0745. The predicted molar refractivity (Wildman–Crippen MR) is 68.0 cm³/mol. The van der Waals surface area contributed by atoms with Gasteiger partial charge in [0.1, 0.15) is 5.75 Å². The van der Waals surface area contributed by atoms with Crippen molar-refractivity contribution in [3.05, 3.63) is 28.8 Å². The molecular formula is C12H17ClN2O2. The molecule has 0 unspecified atom stereocenters. The van der Waals surface area contributed by atoms with Gasteiger partial charge >= 0.3 is 0 Å². The van der Waals surface area contributed by atoms with Crippen LogP contribution in [0.3, 0.4) is 0 Å². The molecule has 2 N–H and O–H groups in total. The third kappa shape index (κ3) is 2.70. The van der Waals surface area contributed by atoms with Gasteiger partial charge in [0, 0.05) is 17.6 Å². The van der Waals surface area contributed by atoms with Crippen LogP contribution in [-0.2, 0) is 10.2 Å². The molecule has 0 heterocycles. The predicted octanol–water partition coefficient (Wildman–Crippen LogP) is 1.96. The molecule has 0 aliphatic rings. The highest BCUT2D eigenvalue weighted by molar-refractivity contribution is 6.30. The Kier molecular flexibility index (Phi) is 4.01. The van der Waals surface area contributed by atoms with E-state index in [9.17, 15) is 4.79 Å². The fourth-order valence-corrected chi connectivity index (χ4v) is 1.90. The molecule has 17 heavy (non-hydrogen) atoms. The molecule has 0 atom stereocenters. The smallest absolute Gasteiger partial charge is 0.246 e. The first-order valence-corrected chi connectivity index (χ1v) is 5.55. The molecule has 4 nitrogen and oxygen atoms in total. The zero-order valence-electron chi connectivity index (χ0n) is 10.5. The summed E-state index contributed by atoms with van der Waals surface area (Å²) in [7, 11) is 3.07. The number of likely N-dealkylation sites (N-methyl/N-ethyl adjacent to an activating group) is 1. The largest absolute Gasteiger partial charge is 0.496 e. The number of halogens is 1. The quantitative estimate of drug-likeness (QED) is 0.511. The number of hydrogen-bond donors (Lipinski definition) is 1. The topological polar surface area (TPSA) is 55.6 Å². The molecule has 0 aromatic heterocycles. The molecule has 0 fully saturated rings. The third-order valence-electron chi connectivity index (χ3n) is 2.69. The van der Waals surface area contributed by atoms with Crippen molar-refractivity contribution in [1.82, 2.24) is 5.01 Å². The molecule has 1 aromatic rings. The standard InChI is InChI=1S/C12H17ClN2O2/c1-12(2,11(16)15(3)14)9-7-8(13)5-6-10(9)17-4/h5-7H,14H2,1-4H3. The number of hydrogen-bond acceptors (Lipinski definition) is 3. The van der Waals surface area contributed by atoms with Crippen molar-refractivity contribution in [3.8, 4) is 5.75 Å². The molecule has 1 rings (SSSR count). The summed E-state index contributed by atoms with van der Waals surface area (Å²) < 4.78 is 5.25. The first-order valence-electron chi connectivity index (χ1n) is 5.17. The Balaban J connectivity index is 3.31. The van der Waals surface area contributed by atoms with Crippen LogP contribution in [0.4, 0.5) is 0 Å². The number of ether oxygens (including phenoxy) is 1. The lowest BCUT2D eigenvalue weighted by molar-refractivity contribution is -0.135. The zero-order chi connectivity index (χ0) is 13.2. The van der Waals surface area contributed by atoms with Gasteiger partial charge in [-0.1, -0.05) is 11.6 Å². The van der Waals surface area contributed by atoms with E-state index in [2.05, 4.69) is 0 Å². The first-order chi connectivity index (χ1) is 7.80. The average Bonchev–Trinajstić information content (AvgIpc) is 2.27. The maximum atomic E-state index is 12.0. The summed E-state index contributed by atoms with van der Waals surface area (Å²) in [6.45, 7) is 3.57. The van der Waals surface area contributed by atoms with Gasteiger partial charge in [0.15, 0.2) is 0 Å². The second-order valence-corrected chi connectivity index (χ2v) is 4.82. The number of amides is 1. The van der Waals surface area contributed by atoms with Crippen LogP contribution in [0.15, 0.2) is 18.2 Å². The third-order valence-corrected chi connectivity index (χ3v) is 2.92. The Morgan fingerprint density at radius 3 is 2.53 bits per heavy atom. The summed E-state index contributed by atoms with van der Waals surface area (Å²) in [5.74, 6) is 5.91. The number of carbonyl (C=O) groups is 1. The van der Waals surface area contributed by atoms with Gasteiger partial charge in [0.2, 0.25) is 5.91 Å². The van der Waals surface area contributed by atoms with E-state index in [1.54, 1.807) is 39.2 Å². The summed E-state index contributed by atoms with van der Waals surface area (Å²) in [6, 6.07) is 5.18. The van der Waals surface area contributed by atoms with Crippen LogP contribution in [0.1, 0.15) is 19.4 Å². The lowest BCUT2D eigenvalue weighted by atomic mass is 9.83. The van der Waals surface area contributed by atoms with Crippen molar-refractivity contribution in [3.63, 3.8) is 0 Å². The average molecular weight is 257 g/mol. The zero-order valence-corrected chi connectivity index (χ0v) is 11.2. The van der Waals surface area contributed by atoms with E-state index >= 15 is 0 Å². The van der Waals surface area contributed by atoms with Gasteiger partial charge in [0.05, 0.1) is 12.5 Å². The van der Waals surface area contributed by atoms with Crippen LogP contribution in [0.25, 0.3) is 0 Å². The number of nitrogens with two attached hydrogens (primary N) is 1. The van der Waals surface area contributed by atoms with Gasteiger partial charge in [-0.05, 0) is 32.0 Å². The summed E-state index contributed by atoms with van der Waals surface area (Å²) >= 11 is 5.95. The normalized spacial score (nSPS) is 11.2. The molecule has 5 heteroatoms. The van der Waals surface area contributed by atoms with Crippen molar-refractivity contribution in [1.29, 1.82) is 0 Å². The van der Waals surface area contributed by atoms with Crippen LogP contribution >= 0.6 is 11.6 Å². The lowest BCUT2D eigenvalue weighted by Gasteiger charge is -2.28.